The average Bonchev–Trinajstić information content (AvgIpc) is 2.38. The van der Waals surface area contributed by atoms with Crippen molar-refractivity contribution in [2.24, 2.45) is 0 Å². The predicted molar refractivity (Wildman–Crippen MR) is 92.7 cm³/mol. The van der Waals surface area contributed by atoms with E-state index in [2.05, 4.69) is 84.2 Å². The van der Waals surface area contributed by atoms with Gasteiger partial charge in [0.15, 0.2) is 0 Å². The molecule has 1 rings (SSSR count). The second-order valence-corrected chi connectivity index (χ2v) is 6.48. The molecule has 0 aliphatic rings. The lowest BCUT2D eigenvalue weighted by Gasteiger charge is -2.26. The highest BCUT2D eigenvalue weighted by Gasteiger charge is 2.13. The van der Waals surface area contributed by atoms with Gasteiger partial charge in [-0.25, -0.2) is 0 Å². The Kier molecular flexibility index (Phi) is 7.56. The van der Waals surface area contributed by atoms with Gasteiger partial charge in [0, 0.05) is 29.8 Å². The lowest BCUT2D eigenvalue weighted by atomic mass is 10.1. The molecule has 0 saturated heterocycles. The summed E-state index contributed by atoms with van der Waals surface area (Å²) in [5.74, 6) is 0. The number of halogens is 1. The third kappa shape index (κ3) is 5.43. The first kappa shape index (κ1) is 17.5. The number of hydrogen-bond donors (Lipinski definition) is 1. The minimum atomic E-state index is 0.365. The van der Waals surface area contributed by atoms with Gasteiger partial charge in [-0.05, 0) is 64.3 Å². The van der Waals surface area contributed by atoms with Gasteiger partial charge in [0.05, 0.1) is 0 Å². The highest BCUT2D eigenvalue weighted by molar-refractivity contribution is 9.10. The molecule has 1 atom stereocenters. The third-order valence-corrected chi connectivity index (χ3v) is 3.97. The summed E-state index contributed by atoms with van der Waals surface area (Å²) in [5, 5.41) is 3.50. The Morgan fingerprint density at radius 2 is 1.90 bits per heavy atom. The van der Waals surface area contributed by atoms with Crippen LogP contribution in [0.5, 0.6) is 0 Å². The van der Waals surface area contributed by atoms with Crippen molar-refractivity contribution in [1.29, 1.82) is 0 Å². The van der Waals surface area contributed by atoms with Gasteiger partial charge in [-0.1, -0.05) is 22.9 Å². The topological polar surface area (TPSA) is 18.5 Å². The van der Waals surface area contributed by atoms with E-state index in [0.717, 1.165) is 24.1 Å². The minimum absolute atomic E-state index is 0.365. The van der Waals surface area contributed by atoms with Gasteiger partial charge in [-0.15, -0.1) is 0 Å². The Morgan fingerprint density at radius 1 is 1.20 bits per heavy atom. The van der Waals surface area contributed by atoms with Gasteiger partial charge >= 0.3 is 0 Å². The van der Waals surface area contributed by atoms with E-state index in [1.54, 1.807) is 0 Å². The van der Waals surface area contributed by atoms with E-state index >= 15 is 0 Å². The number of nitrogens with zero attached hydrogens (tertiary/aromatic N) is 2. The van der Waals surface area contributed by atoms with Crippen molar-refractivity contribution in [3.63, 3.8) is 0 Å². The lowest BCUT2D eigenvalue weighted by molar-refractivity contribution is 0.401. The van der Waals surface area contributed by atoms with Crippen LogP contribution in [0.1, 0.15) is 31.9 Å². The van der Waals surface area contributed by atoms with Crippen molar-refractivity contribution in [1.82, 2.24) is 10.2 Å². The van der Waals surface area contributed by atoms with Crippen LogP contribution < -0.4 is 10.2 Å². The first-order valence-corrected chi connectivity index (χ1v) is 8.13. The van der Waals surface area contributed by atoms with Crippen molar-refractivity contribution in [2.75, 3.05) is 45.7 Å². The molecule has 1 aromatic rings. The minimum Gasteiger partial charge on any atom is -0.374 e. The van der Waals surface area contributed by atoms with Gasteiger partial charge < -0.3 is 15.1 Å². The molecule has 0 fully saturated rings. The van der Waals surface area contributed by atoms with E-state index in [-0.39, 0.29) is 0 Å². The summed E-state index contributed by atoms with van der Waals surface area (Å²) in [6.07, 6.45) is 1.18. The van der Waals surface area contributed by atoms with Crippen LogP contribution in [0.25, 0.3) is 0 Å². The van der Waals surface area contributed by atoms with Crippen LogP contribution in [0.15, 0.2) is 22.7 Å². The Morgan fingerprint density at radius 3 is 2.50 bits per heavy atom. The molecule has 20 heavy (non-hydrogen) atoms. The molecular formula is C16H28BrN3. The van der Waals surface area contributed by atoms with Crippen LogP contribution in [-0.4, -0.2) is 45.7 Å². The van der Waals surface area contributed by atoms with Gasteiger partial charge in [-0.3, -0.25) is 0 Å². The molecule has 1 unspecified atom stereocenters. The maximum absolute atomic E-state index is 3.58. The number of nitrogens with one attached hydrogen (secondary N) is 1. The summed E-state index contributed by atoms with van der Waals surface area (Å²) in [6, 6.07) is 6.93. The van der Waals surface area contributed by atoms with Crippen LogP contribution in [0.4, 0.5) is 5.69 Å². The molecule has 0 aliphatic heterocycles. The molecule has 0 heterocycles. The smallest absolute Gasteiger partial charge is 0.0412 e. The molecule has 0 aromatic heterocycles. The molecule has 0 amide bonds. The van der Waals surface area contributed by atoms with Crippen molar-refractivity contribution < 1.29 is 0 Å². The normalized spacial score (nSPS) is 12.8. The van der Waals surface area contributed by atoms with E-state index in [1.165, 1.54) is 17.7 Å². The van der Waals surface area contributed by atoms with Gasteiger partial charge in [0.2, 0.25) is 0 Å². The number of anilines is 1. The molecule has 1 aromatic carbocycles. The van der Waals surface area contributed by atoms with E-state index in [0.29, 0.717) is 6.04 Å². The fraction of sp³-hybridized carbons (Fsp3) is 0.625. The maximum atomic E-state index is 3.58. The lowest BCUT2D eigenvalue weighted by Crippen LogP contribution is -2.26. The average molecular weight is 342 g/mol. The van der Waals surface area contributed by atoms with Gasteiger partial charge in [0.1, 0.15) is 0 Å². The highest BCUT2D eigenvalue weighted by atomic mass is 79.9. The van der Waals surface area contributed by atoms with Crippen LogP contribution in [0, 0.1) is 0 Å². The van der Waals surface area contributed by atoms with Gasteiger partial charge in [-0.2, -0.15) is 0 Å². The van der Waals surface area contributed by atoms with Crippen molar-refractivity contribution in [3.05, 3.63) is 28.2 Å². The fourth-order valence-electron chi connectivity index (χ4n) is 2.38. The monoisotopic (exact) mass is 341 g/mol. The van der Waals surface area contributed by atoms with E-state index in [4.69, 9.17) is 0 Å². The van der Waals surface area contributed by atoms with Crippen LogP contribution in [0.3, 0.4) is 0 Å². The van der Waals surface area contributed by atoms with E-state index in [1.807, 2.05) is 0 Å². The highest BCUT2D eigenvalue weighted by Crippen LogP contribution is 2.29. The SMILES string of the molecule is CCNC(C)c1cc(Br)ccc1N(C)CCCN(C)C. The molecule has 0 spiro atoms. The quantitative estimate of drug-likeness (QED) is 0.780. The number of hydrogen-bond acceptors (Lipinski definition) is 3. The predicted octanol–water partition coefficient (Wildman–Crippen LogP) is 3.51. The Bertz CT molecular complexity index is 407. The summed E-state index contributed by atoms with van der Waals surface area (Å²) < 4.78 is 1.14. The molecule has 4 heteroatoms. The zero-order valence-corrected chi connectivity index (χ0v) is 15.0. The molecule has 0 radical (unpaired) electrons. The largest absolute Gasteiger partial charge is 0.374 e. The summed E-state index contributed by atoms with van der Waals surface area (Å²) >= 11 is 3.58. The molecule has 3 nitrogen and oxygen atoms in total. The summed E-state index contributed by atoms with van der Waals surface area (Å²) in [4.78, 5) is 4.59. The fourth-order valence-corrected chi connectivity index (χ4v) is 2.76. The first-order chi connectivity index (χ1) is 9.45. The van der Waals surface area contributed by atoms with Crippen molar-refractivity contribution in [3.8, 4) is 0 Å². The van der Waals surface area contributed by atoms with E-state index < -0.39 is 0 Å². The number of benzene rings is 1. The Labute approximate surface area is 132 Å². The first-order valence-electron chi connectivity index (χ1n) is 7.34. The second-order valence-electron chi connectivity index (χ2n) is 5.56. The zero-order chi connectivity index (χ0) is 15.1. The molecule has 1 N–H and O–H groups in total. The summed E-state index contributed by atoms with van der Waals surface area (Å²) in [6.45, 7) is 7.56. The Balaban J connectivity index is 2.81. The third-order valence-electron chi connectivity index (χ3n) is 3.48. The summed E-state index contributed by atoms with van der Waals surface area (Å²) in [5.41, 5.74) is 2.67. The van der Waals surface area contributed by atoms with Crippen LogP contribution in [-0.2, 0) is 0 Å². The molecule has 114 valence electrons. The van der Waals surface area contributed by atoms with E-state index in [9.17, 15) is 0 Å². The number of rotatable bonds is 8. The van der Waals surface area contributed by atoms with Crippen molar-refractivity contribution >= 4 is 21.6 Å². The second kappa shape index (κ2) is 8.65. The standard InChI is InChI=1S/C16H28BrN3/c1-6-18-13(2)15-12-14(17)8-9-16(15)20(5)11-7-10-19(3)4/h8-9,12-13,18H,6-7,10-11H2,1-5H3. The molecule has 0 saturated carbocycles. The van der Waals surface area contributed by atoms with Crippen LogP contribution in [0.2, 0.25) is 0 Å². The molecule has 0 bridgehead atoms. The molecular weight excluding hydrogens is 314 g/mol. The van der Waals surface area contributed by atoms with Crippen molar-refractivity contribution in [2.45, 2.75) is 26.3 Å². The zero-order valence-electron chi connectivity index (χ0n) is 13.4. The van der Waals surface area contributed by atoms with Gasteiger partial charge in [0.25, 0.3) is 0 Å². The maximum Gasteiger partial charge on any atom is 0.0412 e. The summed E-state index contributed by atoms with van der Waals surface area (Å²) in [7, 11) is 6.43. The van der Waals surface area contributed by atoms with Crippen LogP contribution >= 0.6 is 15.9 Å². The Hall–Kier alpha value is -0.580. The molecule has 0 aliphatic carbocycles.